The van der Waals surface area contributed by atoms with E-state index in [1.807, 2.05) is 6.07 Å². The zero-order valence-electron chi connectivity index (χ0n) is 9.67. The first-order chi connectivity index (χ1) is 8.75. The van der Waals surface area contributed by atoms with Crippen molar-refractivity contribution in [1.29, 1.82) is 0 Å². The Bertz CT molecular complexity index is 558. The number of rotatable bonds is 5. The molecule has 94 valence electrons. The molecule has 1 saturated carbocycles. The molecule has 1 aliphatic carbocycles. The highest BCUT2D eigenvalue weighted by Crippen LogP contribution is 2.41. The van der Waals surface area contributed by atoms with Gasteiger partial charge in [0.1, 0.15) is 0 Å². The zero-order valence-corrected chi connectivity index (χ0v) is 12.1. The Morgan fingerprint density at radius 3 is 3.00 bits per heavy atom. The van der Waals surface area contributed by atoms with Crippen molar-refractivity contribution in [3.63, 3.8) is 0 Å². The van der Waals surface area contributed by atoms with Crippen LogP contribution in [-0.4, -0.2) is 20.5 Å². The third-order valence-electron chi connectivity index (χ3n) is 2.68. The van der Waals surface area contributed by atoms with Crippen LogP contribution in [0.4, 0.5) is 0 Å². The molecule has 0 aromatic carbocycles. The monoisotopic (exact) mass is 297 g/mol. The molecule has 1 aliphatic rings. The van der Waals surface area contributed by atoms with Crippen LogP contribution in [0, 0.1) is 0 Å². The normalized spacial score (nSPS) is 14.9. The van der Waals surface area contributed by atoms with Crippen LogP contribution in [-0.2, 0) is 0 Å². The maximum Gasteiger partial charge on any atom is 0.192 e. The van der Waals surface area contributed by atoms with Crippen LogP contribution in [0.25, 0.3) is 10.7 Å². The van der Waals surface area contributed by atoms with Gasteiger partial charge < -0.3 is 0 Å². The molecule has 0 atom stereocenters. The number of hydrogen-bond acceptors (Lipinski definition) is 4. The highest BCUT2D eigenvalue weighted by Gasteiger charge is 2.30. The predicted molar refractivity (Wildman–Crippen MR) is 77.3 cm³/mol. The minimum atomic E-state index is 0.559. The smallest absolute Gasteiger partial charge is 0.192 e. The summed E-state index contributed by atoms with van der Waals surface area (Å²) in [6, 6.07) is 4.69. The largest absolute Gasteiger partial charge is 0.298 e. The van der Waals surface area contributed by atoms with Crippen molar-refractivity contribution in [3.05, 3.63) is 29.1 Å². The molecule has 6 heteroatoms. The lowest BCUT2D eigenvalue weighted by atomic mass is 10.4. The molecule has 3 rings (SSSR count). The first-order valence-corrected chi connectivity index (χ1v) is 7.95. The molecule has 18 heavy (non-hydrogen) atoms. The molecular weight excluding hydrogens is 286 g/mol. The Balaban J connectivity index is 1.93. The minimum Gasteiger partial charge on any atom is -0.298 e. The molecule has 3 nitrogen and oxygen atoms in total. The number of aromatic nitrogens is 3. The number of hydrogen-bond donors (Lipinski definition) is 0. The molecule has 0 saturated heterocycles. The van der Waals surface area contributed by atoms with Crippen LogP contribution >= 0.6 is 34.7 Å². The van der Waals surface area contributed by atoms with Crippen molar-refractivity contribution >= 4 is 34.7 Å². The van der Waals surface area contributed by atoms with Gasteiger partial charge in [-0.25, -0.2) is 0 Å². The summed E-state index contributed by atoms with van der Waals surface area (Å²) in [6.45, 7) is 3.71. The molecule has 0 radical (unpaired) electrons. The quantitative estimate of drug-likeness (QED) is 0.776. The van der Waals surface area contributed by atoms with E-state index in [0.29, 0.717) is 16.8 Å². The number of halogens is 1. The van der Waals surface area contributed by atoms with Gasteiger partial charge in [0, 0.05) is 16.8 Å². The number of thioether (sulfide) groups is 1. The summed E-state index contributed by atoms with van der Waals surface area (Å²) < 4.78 is 2.25. The van der Waals surface area contributed by atoms with Crippen molar-refractivity contribution in [2.24, 2.45) is 0 Å². The molecule has 2 heterocycles. The zero-order chi connectivity index (χ0) is 12.5. The van der Waals surface area contributed by atoms with E-state index in [0.717, 1.165) is 11.0 Å². The minimum absolute atomic E-state index is 0.559. The van der Waals surface area contributed by atoms with Gasteiger partial charge >= 0.3 is 0 Å². The van der Waals surface area contributed by atoms with Gasteiger partial charge in [-0.15, -0.1) is 21.5 Å². The first kappa shape index (κ1) is 12.3. The lowest BCUT2D eigenvalue weighted by Crippen LogP contribution is -1.99. The second-order valence-electron chi connectivity index (χ2n) is 4.19. The van der Waals surface area contributed by atoms with E-state index in [4.69, 9.17) is 11.6 Å². The van der Waals surface area contributed by atoms with Crippen LogP contribution in [0.15, 0.2) is 34.3 Å². The first-order valence-electron chi connectivity index (χ1n) is 5.70. The molecule has 0 spiro atoms. The Hall–Kier alpha value is -0.780. The van der Waals surface area contributed by atoms with Crippen molar-refractivity contribution in [2.45, 2.75) is 24.0 Å². The Kier molecular flexibility index (Phi) is 3.46. The highest BCUT2D eigenvalue weighted by atomic mass is 35.5. The summed E-state index contributed by atoms with van der Waals surface area (Å²) in [5.41, 5.74) is 0. The molecule has 2 aromatic rings. The van der Waals surface area contributed by atoms with Crippen molar-refractivity contribution in [1.82, 2.24) is 14.8 Å². The standard InChI is InChI=1S/C12H12ClN3S2/c1-8(13)7-18-12-15-14-11(10-3-2-6-17-10)16(12)9-4-5-9/h2-3,6,9H,1,4-5,7H2. The maximum atomic E-state index is 5.81. The van der Waals surface area contributed by atoms with E-state index in [2.05, 4.69) is 32.8 Å². The fourth-order valence-electron chi connectivity index (χ4n) is 1.75. The molecule has 0 unspecified atom stereocenters. The summed E-state index contributed by atoms with van der Waals surface area (Å²) >= 11 is 9.11. The number of thiophene rings is 1. The average molecular weight is 298 g/mol. The van der Waals surface area contributed by atoms with Crippen LogP contribution in [0.2, 0.25) is 0 Å². The summed E-state index contributed by atoms with van der Waals surface area (Å²) in [7, 11) is 0. The average Bonchev–Trinajstić information content (AvgIpc) is 2.90. The van der Waals surface area contributed by atoms with Crippen LogP contribution in [0.5, 0.6) is 0 Å². The van der Waals surface area contributed by atoms with Crippen molar-refractivity contribution in [3.8, 4) is 10.7 Å². The number of nitrogens with zero attached hydrogens (tertiary/aromatic N) is 3. The van der Waals surface area contributed by atoms with E-state index in [1.165, 1.54) is 17.7 Å². The third kappa shape index (κ3) is 2.48. The summed E-state index contributed by atoms with van der Waals surface area (Å²) in [5.74, 6) is 1.66. The van der Waals surface area contributed by atoms with Gasteiger partial charge in [-0.3, -0.25) is 4.57 Å². The van der Waals surface area contributed by atoms with Gasteiger partial charge in [-0.05, 0) is 24.3 Å². The third-order valence-corrected chi connectivity index (χ3v) is 4.86. The van der Waals surface area contributed by atoms with Crippen LogP contribution < -0.4 is 0 Å². The molecular formula is C12H12ClN3S2. The van der Waals surface area contributed by atoms with Gasteiger partial charge in [-0.2, -0.15) is 0 Å². The summed E-state index contributed by atoms with van der Waals surface area (Å²) in [5, 5.41) is 12.3. The molecule has 0 bridgehead atoms. The highest BCUT2D eigenvalue weighted by molar-refractivity contribution is 7.99. The fourth-order valence-corrected chi connectivity index (χ4v) is 3.38. The molecule has 0 N–H and O–H groups in total. The van der Waals surface area contributed by atoms with Gasteiger partial charge in [0.2, 0.25) is 0 Å². The topological polar surface area (TPSA) is 30.7 Å². The lowest BCUT2D eigenvalue weighted by molar-refractivity contribution is 0.670. The molecule has 0 amide bonds. The van der Waals surface area contributed by atoms with Crippen molar-refractivity contribution < 1.29 is 0 Å². The van der Waals surface area contributed by atoms with Crippen molar-refractivity contribution in [2.75, 3.05) is 5.75 Å². The van der Waals surface area contributed by atoms with Gasteiger partial charge in [0.25, 0.3) is 0 Å². The molecule has 0 aliphatic heterocycles. The maximum absolute atomic E-state index is 5.81. The van der Waals surface area contributed by atoms with Crippen LogP contribution in [0.3, 0.4) is 0 Å². The summed E-state index contributed by atoms with van der Waals surface area (Å²) in [6.07, 6.45) is 2.43. The van der Waals surface area contributed by atoms with E-state index < -0.39 is 0 Å². The summed E-state index contributed by atoms with van der Waals surface area (Å²) in [4.78, 5) is 1.17. The van der Waals surface area contributed by atoms with E-state index >= 15 is 0 Å². The second-order valence-corrected chi connectivity index (χ2v) is 6.62. The van der Waals surface area contributed by atoms with E-state index in [1.54, 1.807) is 23.1 Å². The fraction of sp³-hybridized carbons (Fsp3) is 0.333. The Morgan fingerprint density at radius 1 is 1.56 bits per heavy atom. The van der Waals surface area contributed by atoms with Gasteiger partial charge in [-0.1, -0.05) is 36.0 Å². The van der Waals surface area contributed by atoms with Gasteiger partial charge in [0.05, 0.1) is 4.88 Å². The Labute approximate surface area is 119 Å². The second kappa shape index (κ2) is 5.07. The predicted octanol–water partition coefficient (Wildman–Crippen LogP) is 4.19. The van der Waals surface area contributed by atoms with E-state index in [9.17, 15) is 0 Å². The lowest BCUT2D eigenvalue weighted by Gasteiger charge is -2.06. The van der Waals surface area contributed by atoms with Gasteiger partial charge in [0.15, 0.2) is 11.0 Å². The Morgan fingerprint density at radius 2 is 2.39 bits per heavy atom. The van der Waals surface area contributed by atoms with E-state index in [-0.39, 0.29) is 0 Å². The van der Waals surface area contributed by atoms with Crippen LogP contribution in [0.1, 0.15) is 18.9 Å². The molecule has 1 fully saturated rings. The SMILES string of the molecule is C=C(Cl)CSc1nnc(-c2cccs2)n1C1CC1. The molecule has 2 aromatic heterocycles.